The lowest BCUT2D eigenvalue weighted by atomic mass is 10.0. The van der Waals surface area contributed by atoms with Crippen molar-refractivity contribution in [3.8, 4) is 16.9 Å². The van der Waals surface area contributed by atoms with Crippen molar-refractivity contribution in [2.75, 3.05) is 6.61 Å². The molecule has 0 saturated carbocycles. The van der Waals surface area contributed by atoms with Crippen molar-refractivity contribution in [1.29, 1.82) is 0 Å². The van der Waals surface area contributed by atoms with Crippen molar-refractivity contribution in [1.82, 2.24) is 9.78 Å². The Labute approximate surface area is 141 Å². The number of hydrogen-bond acceptors (Lipinski definition) is 3. The second-order valence-corrected chi connectivity index (χ2v) is 5.64. The lowest BCUT2D eigenvalue weighted by Gasteiger charge is -2.05. The Morgan fingerprint density at radius 3 is 2.33 bits per heavy atom. The van der Waals surface area contributed by atoms with Crippen LogP contribution in [0.25, 0.3) is 16.9 Å². The Bertz CT molecular complexity index is 849. The van der Waals surface area contributed by atoms with Gasteiger partial charge in [0.25, 0.3) is 0 Å². The summed E-state index contributed by atoms with van der Waals surface area (Å²) in [6.45, 7) is 6.07. The number of carbonyl (C=O) groups is 1. The molecule has 0 aliphatic heterocycles. The number of carbonyl (C=O) groups excluding carboxylic acids is 1. The molecule has 0 amide bonds. The molecule has 0 unspecified atom stereocenters. The molecule has 2 aromatic carbocycles. The first-order valence-electron chi connectivity index (χ1n) is 8.01. The second kappa shape index (κ2) is 6.71. The van der Waals surface area contributed by atoms with E-state index in [9.17, 15) is 4.79 Å². The average molecular weight is 320 g/mol. The second-order valence-electron chi connectivity index (χ2n) is 5.64. The highest BCUT2D eigenvalue weighted by Crippen LogP contribution is 2.28. The summed E-state index contributed by atoms with van der Waals surface area (Å²) in [7, 11) is 0. The molecule has 24 heavy (non-hydrogen) atoms. The van der Waals surface area contributed by atoms with Gasteiger partial charge in [0.2, 0.25) is 0 Å². The third-order valence-corrected chi connectivity index (χ3v) is 3.92. The molecule has 0 radical (unpaired) electrons. The van der Waals surface area contributed by atoms with Crippen LogP contribution in [0.2, 0.25) is 0 Å². The van der Waals surface area contributed by atoms with Crippen LogP contribution in [0.15, 0.2) is 54.6 Å². The molecule has 1 aromatic heterocycles. The number of para-hydroxylation sites is 1. The number of ether oxygens (including phenoxy) is 1. The first kappa shape index (κ1) is 16.0. The number of rotatable bonds is 4. The monoisotopic (exact) mass is 320 g/mol. The maximum atomic E-state index is 12.5. The molecular formula is C20H20N2O2. The topological polar surface area (TPSA) is 44.1 Å². The van der Waals surface area contributed by atoms with E-state index in [1.54, 1.807) is 11.6 Å². The van der Waals surface area contributed by atoms with Gasteiger partial charge in [-0.3, -0.25) is 0 Å². The number of benzene rings is 2. The minimum atomic E-state index is -0.340. The molecule has 0 spiro atoms. The highest BCUT2D eigenvalue weighted by Gasteiger charge is 2.24. The van der Waals surface area contributed by atoms with Gasteiger partial charge in [0, 0.05) is 5.56 Å². The highest BCUT2D eigenvalue weighted by atomic mass is 16.5. The first-order valence-corrected chi connectivity index (χ1v) is 8.01. The molecule has 3 rings (SSSR count). The molecule has 0 atom stereocenters. The quantitative estimate of drug-likeness (QED) is 0.672. The van der Waals surface area contributed by atoms with E-state index >= 15 is 0 Å². The van der Waals surface area contributed by atoms with Crippen LogP contribution in [0.3, 0.4) is 0 Å². The Kier molecular flexibility index (Phi) is 4.47. The van der Waals surface area contributed by atoms with E-state index in [0.29, 0.717) is 17.9 Å². The predicted molar refractivity (Wildman–Crippen MR) is 94.4 cm³/mol. The third kappa shape index (κ3) is 2.95. The molecule has 4 heteroatoms. The number of aromatic nitrogens is 2. The Hall–Kier alpha value is -2.88. The molecular weight excluding hydrogens is 300 g/mol. The van der Waals surface area contributed by atoms with Crippen molar-refractivity contribution in [3.05, 3.63) is 71.4 Å². The van der Waals surface area contributed by atoms with E-state index in [1.807, 2.05) is 68.4 Å². The van der Waals surface area contributed by atoms with Crippen molar-refractivity contribution in [2.24, 2.45) is 0 Å². The summed E-state index contributed by atoms with van der Waals surface area (Å²) < 4.78 is 7.04. The van der Waals surface area contributed by atoms with Crippen LogP contribution in [0.1, 0.15) is 28.5 Å². The summed E-state index contributed by atoms with van der Waals surface area (Å²) in [4.78, 5) is 12.5. The van der Waals surface area contributed by atoms with E-state index in [2.05, 4.69) is 0 Å². The zero-order valence-corrected chi connectivity index (χ0v) is 14.1. The Balaban J connectivity index is 2.19. The maximum absolute atomic E-state index is 12.5. The smallest absolute Gasteiger partial charge is 0.342 e. The molecule has 0 N–H and O–H groups in total. The van der Waals surface area contributed by atoms with Crippen LogP contribution in [-0.2, 0) is 4.74 Å². The van der Waals surface area contributed by atoms with E-state index in [4.69, 9.17) is 9.84 Å². The lowest BCUT2D eigenvalue weighted by Crippen LogP contribution is -2.07. The lowest BCUT2D eigenvalue weighted by molar-refractivity contribution is 0.0526. The largest absolute Gasteiger partial charge is 0.462 e. The third-order valence-electron chi connectivity index (χ3n) is 3.92. The molecule has 0 aliphatic rings. The summed E-state index contributed by atoms with van der Waals surface area (Å²) in [5.41, 5.74) is 4.92. The Morgan fingerprint density at radius 2 is 1.71 bits per heavy atom. The van der Waals surface area contributed by atoms with Gasteiger partial charge in [0.05, 0.1) is 18.0 Å². The molecule has 122 valence electrons. The molecule has 0 bridgehead atoms. The maximum Gasteiger partial charge on any atom is 0.342 e. The van der Waals surface area contributed by atoms with Crippen molar-refractivity contribution >= 4 is 5.97 Å². The fourth-order valence-electron chi connectivity index (χ4n) is 2.68. The summed E-state index contributed by atoms with van der Waals surface area (Å²) in [6, 6.07) is 17.8. The molecule has 3 aromatic rings. The van der Waals surface area contributed by atoms with Gasteiger partial charge in [0.15, 0.2) is 0 Å². The number of esters is 1. The van der Waals surface area contributed by atoms with Crippen molar-refractivity contribution in [3.63, 3.8) is 0 Å². The van der Waals surface area contributed by atoms with E-state index in [-0.39, 0.29) is 5.97 Å². The summed E-state index contributed by atoms with van der Waals surface area (Å²) >= 11 is 0. The first-order chi connectivity index (χ1) is 11.6. The Morgan fingerprint density at radius 1 is 1.04 bits per heavy atom. The zero-order chi connectivity index (χ0) is 17.1. The minimum absolute atomic E-state index is 0.335. The van der Waals surface area contributed by atoms with E-state index in [0.717, 1.165) is 22.5 Å². The van der Waals surface area contributed by atoms with Crippen LogP contribution in [-0.4, -0.2) is 22.4 Å². The van der Waals surface area contributed by atoms with Gasteiger partial charge in [-0.25, -0.2) is 9.48 Å². The number of aryl methyl sites for hydroxylation is 1. The summed E-state index contributed by atoms with van der Waals surface area (Å²) in [5.74, 6) is -0.340. The normalized spacial score (nSPS) is 10.6. The number of nitrogens with zero attached hydrogens (tertiary/aromatic N) is 2. The number of hydrogen-bond donors (Lipinski definition) is 0. The summed E-state index contributed by atoms with van der Waals surface area (Å²) in [6.07, 6.45) is 0. The molecule has 4 nitrogen and oxygen atoms in total. The minimum Gasteiger partial charge on any atom is -0.462 e. The van der Waals surface area contributed by atoms with Gasteiger partial charge < -0.3 is 4.74 Å². The van der Waals surface area contributed by atoms with Crippen LogP contribution in [0.5, 0.6) is 0 Å². The molecule has 0 aliphatic carbocycles. The van der Waals surface area contributed by atoms with Crippen LogP contribution in [0.4, 0.5) is 0 Å². The molecule has 1 heterocycles. The highest BCUT2D eigenvalue weighted by molar-refractivity contribution is 5.97. The van der Waals surface area contributed by atoms with Crippen LogP contribution < -0.4 is 0 Å². The van der Waals surface area contributed by atoms with Crippen LogP contribution >= 0.6 is 0 Å². The van der Waals surface area contributed by atoms with Crippen LogP contribution in [0, 0.1) is 13.8 Å². The van der Waals surface area contributed by atoms with E-state index in [1.165, 1.54) is 0 Å². The fourth-order valence-corrected chi connectivity index (χ4v) is 2.68. The van der Waals surface area contributed by atoms with Crippen molar-refractivity contribution < 1.29 is 9.53 Å². The van der Waals surface area contributed by atoms with Gasteiger partial charge in [-0.15, -0.1) is 0 Å². The average Bonchev–Trinajstić information content (AvgIpc) is 2.94. The van der Waals surface area contributed by atoms with Gasteiger partial charge in [0.1, 0.15) is 11.3 Å². The zero-order valence-electron chi connectivity index (χ0n) is 14.1. The molecule has 0 saturated heterocycles. The summed E-state index contributed by atoms with van der Waals surface area (Å²) in [5, 5.41) is 4.70. The predicted octanol–water partition coefficient (Wildman–Crippen LogP) is 4.33. The van der Waals surface area contributed by atoms with Gasteiger partial charge >= 0.3 is 5.97 Å². The standard InChI is InChI=1S/C20H20N2O2/c1-4-24-20(23)18-15(3)22(17-8-6-5-7-9-17)21-19(18)16-12-10-14(2)11-13-16/h5-13H,4H2,1-3H3. The molecule has 0 fully saturated rings. The SMILES string of the molecule is CCOC(=O)c1c(-c2ccc(C)cc2)nn(-c2ccccc2)c1C. The van der Waals surface area contributed by atoms with Crippen molar-refractivity contribution in [2.45, 2.75) is 20.8 Å². The fraction of sp³-hybridized carbons (Fsp3) is 0.200. The van der Waals surface area contributed by atoms with Gasteiger partial charge in [-0.2, -0.15) is 5.10 Å². The van der Waals surface area contributed by atoms with Gasteiger partial charge in [-0.05, 0) is 32.9 Å². The van der Waals surface area contributed by atoms with Gasteiger partial charge in [-0.1, -0.05) is 48.0 Å². The van der Waals surface area contributed by atoms with E-state index < -0.39 is 0 Å².